The van der Waals surface area contributed by atoms with E-state index >= 15 is 0 Å². The molecule has 1 heterocycles. The van der Waals surface area contributed by atoms with Crippen LogP contribution < -0.4 is 5.32 Å². The predicted molar refractivity (Wildman–Crippen MR) is 80.7 cm³/mol. The smallest absolute Gasteiger partial charge is 0.314 e. The van der Waals surface area contributed by atoms with Gasteiger partial charge < -0.3 is 5.32 Å². The van der Waals surface area contributed by atoms with Gasteiger partial charge in [-0.2, -0.15) is 13.2 Å². The minimum Gasteiger partial charge on any atom is -0.314 e. The van der Waals surface area contributed by atoms with Gasteiger partial charge in [-0.1, -0.05) is 25.5 Å². The predicted octanol–water partition coefficient (Wildman–Crippen LogP) is 4.01. The second-order valence-corrected chi connectivity index (χ2v) is 5.30. The zero-order valence-corrected chi connectivity index (χ0v) is 13.2. The van der Waals surface area contributed by atoms with Crippen molar-refractivity contribution < 1.29 is 17.6 Å². The first-order valence-electron chi connectivity index (χ1n) is 7.25. The molecule has 0 amide bonds. The van der Waals surface area contributed by atoms with Crippen LogP contribution in [-0.2, 0) is 6.18 Å². The van der Waals surface area contributed by atoms with Gasteiger partial charge in [0, 0.05) is 37.8 Å². The van der Waals surface area contributed by atoms with Crippen molar-refractivity contribution in [2.24, 2.45) is 0 Å². The third-order valence-electron chi connectivity index (χ3n) is 3.85. The van der Waals surface area contributed by atoms with E-state index in [2.05, 4.69) is 10.2 Å². The number of benzene rings is 1. The fraction of sp³-hybridized carbons (Fsp3) is 0.600. The van der Waals surface area contributed by atoms with Crippen molar-refractivity contribution in [3.63, 3.8) is 0 Å². The Bertz CT molecular complexity index is 473. The van der Waals surface area contributed by atoms with Gasteiger partial charge in [-0.3, -0.25) is 4.90 Å². The first kappa shape index (κ1) is 19.2. The molecule has 2 rings (SSSR count). The fourth-order valence-corrected chi connectivity index (χ4v) is 2.83. The number of nitrogens with one attached hydrogen (secondary N) is 1. The van der Waals surface area contributed by atoms with Crippen LogP contribution in [0.2, 0.25) is 0 Å². The van der Waals surface area contributed by atoms with Crippen LogP contribution in [0, 0.1) is 5.82 Å². The Kier molecular flexibility index (Phi) is 7.09. The Labute approximate surface area is 134 Å². The molecule has 2 nitrogen and oxygen atoms in total. The number of nitrogens with zero attached hydrogens (tertiary/aromatic N) is 1. The SMILES string of the molecule is CCC[C@H](c1cccc(C(F)(F)F)c1F)N1CCNCC1.Cl. The molecule has 0 radical (unpaired) electrons. The molecule has 7 heteroatoms. The Balaban J connectivity index is 0.00000242. The summed E-state index contributed by atoms with van der Waals surface area (Å²) in [6.07, 6.45) is -3.21. The first-order valence-corrected chi connectivity index (χ1v) is 7.25. The van der Waals surface area contributed by atoms with E-state index in [0.29, 0.717) is 6.42 Å². The van der Waals surface area contributed by atoms with Crippen molar-refractivity contribution in [2.45, 2.75) is 32.0 Å². The lowest BCUT2D eigenvalue weighted by molar-refractivity contribution is -0.140. The Hall–Kier alpha value is -0.850. The van der Waals surface area contributed by atoms with Gasteiger partial charge in [0.1, 0.15) is 5.82 Å². The zero-order chi connectivity index (χ0) is 15.5. The maximum absolute atomic E-state index is 14.3. The molecule has 0 aliphatic carbocycles. The highest BCUT2D eigenvalue weighted by molar-refractivity contribution is 5.85. The van der Waals surface area contributed by atoms with Crippen molar-refractivity contribution in [3.8, 4) is 0 Å². The van der Waals surface area contributed by atoms with Crippen molar-refractivity contribution in [2.75, 3.05) is 26.2 Å². The average molecular weight is 341 g/mol. The van der Waals surface area contributed by atoms with Crippen LogP contribution in [0.25, 0.3) is 0 Å². The molecule has 1 atom stereocenters. The fourth-order valence-electron chi connectivity index (χ4n) is 2.83. The van der Waals surface area contributed by atoms with Gasteiger partial charge in [0.15, 0.2) is 0 Å². The summed E-state index contributed by atoms with van der Waals surface area (Å²) < 4.78 is 52.9. The lowest BCUT2D eigenvalue weighted by Gasteiger charge is -2.35. The Morgan fingerprint density at radius 3 is 2.41 bits per heavy atom. The van der Waals surface area contributed by atoms with Crippen LogP contribution in [0.4, 0.5) is 17.6 Å². The monoisotopic (exact) mass is 340 g/mol. The molecule has 0 spiro atoms. The van der Waals surface area contributed by atoms with E-state index in [0.717, 1.165) is 38.7 Å². The zero-order valence-electron chi connectivity index (χ0n) is 12.4. The van der Waals surface area contributed by atoms with Gasteiger partial charge in [-0.25, -0.2) is 4.39 Å². The van der Waals surface area contributed by atoms with E-state index in [1.807, 2.05) is 6.92 Å². The highest BCUT2D eigenvalue weighted by Crippen LogP contribution is 2.36. The number of piperazine rings is 1. The van der Waals surface area contributed by atoms with Gasteiger partial charge in [-0.15, -0.1) is 12.4 Å². The molecule has 0 unspecified atom stereocenters. The molecule has 1 aliphatic rings. The average Bonchev–Trinajstić information content (AvgIpc) is 2.45. The van der Waals surface area contributed by atoms with E-state index in [4.69, 9.17) is 0 Å². The van der Waals surface area contributed by atoms with Gasteiger partial charge in [-0.05, 0) is 12.5 Å². The molecule has 22 heavy (non-hydrogen) atoms. The largest absolute Gasteiger partial charge is 0.419 e. The van der Waals surface area contributed by atoms with Gasteiger partial charge in [0.25, 0.3) is 0 Å². The van der Waals surface area contributed by atoms with E-state index < -0.39 is 17.6 Å². The molecular formula is C15H21ClF4N2. The quantitative estimate of drug-likeness (QED) is 0.833. The summed E-state index contributed by atoms with van der Waals surface area (Å²) in [6, 6.07) is 3.29. The van der Waals surface area contributed by atoms with Gasteiger partial charge in [0.05, 0.1) is 5.56 Å². The van der Waals surface area contributed by atoms with Crippen molar-refractivity contribution in [3.05, 3.63) is 35.1 Å². The molecule has 0 saturated carbocycles. The van der Waals surface area contributed by atoms with E-state index in [9.17, 15) is 17.6 Å². The summed E-state index contributed by atoms with van der Waals surface area (Å²) in [5.74, 6) is -1.12. The van der Waals surface area contributed by atoms with Crippen LogP contribution in [0.1, 0.15) is 36.9 Å². The lowest BCUT2D eigenvalue weighted by Crippen LogP contribution is -2.45. The standard InChI is InChI=1S/C15H20F4N2.ClH/c1-2-4-13(21-9-7-20-8-10-21)11-5-3-6-12(14(11)16)15(17,18)19;/h3,5-6,13,20H,2,4,7-10H2,1H3;1H/t13-;/m1./s1. The van der Waals surface area contributed by atoms with Crippen molar-refractivity contribution >= 4 is 12.4 Å². The van der Waals surface area contributed by atoms with Crippen LogP contribution in [0.15, 0.2) is 18.2 Å². The third-order valence-corrected chi connectivity index (χ3v) is 3.85. The molecule has 1 N–H and O–H groups in total. The summed E-state index contributed by atoms with van der Waals surface area (Å²) in [6.45, 7) is 4.96. The highest BCUT2D eigenvalue weighted by Gasteiger charge is 2.36. The molecule has 1 fully saturated rings. The van der Waals surface area contributed by atoms with Gasteiger partial charge >= 0.3 is 6.18 Å². The van der Waals surface area contributed by atoms with Crippen LogP contribution in [0.5, 0.6) is 0 Å². The number of alkyl halides is 3. The van der Waals surface area contributed by atoms with Crippen LogP contribution in [-0.4, -0.2) is 31.1 Å². The molecule has 1 aromatic carbocycles. The normalized spacial score (nSPS) is 17.9. The second kappa shape index (κ2) is 8.13. The van der Waals surface area contributed by atoms with Crippen LogP contribution >= 0.6 is 12.4 Å². The number of halogens is 5. The molecule has 1 aromatic rings. The lowest BCUT2D eigenvalue weighted by atomic mass is 9.97. The second-order valence-electron chi connectivity index (χ2n) is 5.30. The highest BCUT2D eigenvalue weighted by atomic mass is 35.5. The topological polar surface area (TPSA) is 15.3 Å². The van der Waals surface area contributed by atoms with E-state index in [1.165, 1.54) is 12.1 Å². The Morgan fingerprint density at radius 2 is 1.86 bits per heavy atom. The van der Waals surface area contributed by atoms with E-state index in [-0.39, 0.29) is 24.0 Å². The first-order chi connectivity index (χ1) is 9.95. The maximum atomic E-state index is 14.3. The summed E-state index contributed by atoms with van der Waals surface area (Å²) in [4.78, 5) is 2.07. The van der Waals surface area contributed by atoms with Crippen LogP contribution in [0.3, 0.4) is 0 Å². The molecule has 0 bridgehead atoms. The third kappa shape index (κ3) is 4.33. The maximum Gasteiger partial charge on any atom is 0.419 e. The molecule has 1 saturated heterocycles. The summed E-state index contributed by atoms with van der Waals surface area (Å²) in [5.41, 5.74) is -1.01. The number of rotatable bonds is 4. The van der Waals surface area contributed by atoms with Crippen molar-refractivity contribution in [1.29, 1.82) is 0 Å². The molecule has 0 aromatic heterocycles. The summed E-state index contributed by atoms with van der Waals surface area (Å²) in [7, 11) is 0. The number of hydrogen-bond donors (Lipinski definition) is 1. The number of hydrogen-bond acceptors (Lipinski definition) is 2. The molecule has 126 valence electrons. The Morgan fingerprint density at radius 1 is 1.23 bits per heavy atom. The summed E-state index contributed by atoms with van der Waals surface area (Å²) >= 11 is 0. The minimum atomic E-state index is -4.65. The molecule has 1 aliphatic heterocycles. The summed E-state index contributed by atoms with van der Waals surface area (Å²) in [5, 5.41) is 3.20. The van der Waals surface area contributed by atoms with E-state index in [1.54, 1.807) is 0 Å². The molecular weight excluding hydrogens is 320 g/mol. The minimum absolute atomic E-state index is 0. The van der Waals surface area contributed by atoms with Gasteiger partial charge in [0.2, 0.25) is 0 Å². The van der Waals surface area contributed by atoms with Crippen molar-refractivity contribution in [1.82, 2.24) is 10.2 Å².